The molecule has 1 aromatic carbocycles. The normalized spacial score (nSPS) is 10.8. The molecule has 0 atom stereocenters. The van der Waals surface area contributed by atoms with E-state index in [-0.39, 0.29) is 18.3 Å². The van der Waals surface area contributed by atoms with Gasteiger partial charge in [0.25, 0.3) is 0 Å². The molecule has 6 heteroatoms. The van der Waals surface area contributed by atoms with Crippen LogP contribution in [0.2, 0.25) is 10.0 Å². The Labute approximate surface area is 130 Å². The fourth-order valence-corrected chi connectivity index (χ4v) is 1.98. The summed E-state index contributed by atoms with van der Waals surface area (Å²) in [7, 11) is 1.73. The van der Waals surface area contributed by atoms with Gasteiger partial charge in [-0.2, -0.15) is 0 Å². The Bertz CT molecular complexity index is 450. The number of halogens is 3. The molecule has 0 fully saturated rings. The summed E-state index contributed by atoms with van der Waals surface area (Å²) in [5, 5.41) is 0.984. The van der Waals surface area contributed by atoms with Crippen LogP contribution in [0.3, 0.4) is 0 Å². The van der Waals surface area contributed by atoms with E-state index in [0.29, 0.717) is 23.1 Å². The van der Waals surface area contributed by atoms with Gasteiger partial charge in [0.2, 0.25) is 5.91 Å². The monoisotopic (exact) mass is 324 g/mol. The molecule has 1 rings (SSSR count). The van der Waals surface area contributed by atoms with Crippen LogP contribution in [0.15, 0.2) is 18.2 Å². The number of hydrogen-bond donors (Lipinski definition) is 1. The van der Waals surface area contributed by atoms with Gasteiger partial charge in [-0.15, -0.1) is 12.4 Å². The summed E-state index contributed by atoms with van der Waals surface area (Å²) in [6.07, 6.45) is 0. The number of benzene rings is 1. The maximum Gasteiger partial charge on any atom is 0.229 e. The van der Waals surface area contributed by atoms with Gasteiger partial charge in [-0.25, -0.2) is 0 Å². The third-order valence-electron chi connectivity index (χ3n) is 2.88. The molecular weight excluding hydrogens is 307 g/mol. The first-order valence-corrected chi connectivity index (χ1v) is 6.43. The van der Waals surface area contributed by atoms with Gasteiger partial charge in [-0.1, -0.05) is 35.3 Å². The van der Waals surface area contributed by atoms with Crippen molar-refractivity contribution < 1.29 is 4.79 Å². The standard InChI is InChI=1S/C13H18Cl2N2O.ClH/c1-13(2,8-16)12(18)17(3)7-9-5-4-6-10(14)11(9)15;/h4-6H,7-8,16H2,1-3H3;1H. The first kappa shape index (κ1) is 18.5. The molecule has 0 aliphatic heterocycles. The molecular formula is C13H19Cl3N2O. The molecule has 3 nitrogen and oxygen atoms in total. The fourth-order valence-electron chi connectivity index (χ4n) is 1.60. The van der Waals surface area contributed by atoms with Crippen LogP contribution in [0.5, 0.6) is 0 Å². The van der Waals surface area contributed by atoms with Crippen molar-refractivity contribution in [2.45, 2.75) is 20.4 Å². The Balaban J connectivity index is 0.00000324. The van der Waals surface area contributed by atoms with Gasteiger partial charge in [0.05, 0.1) is 15.5 Å². The average molecular weight is 326 g/mol. The van der Waals surface area contributed by atoms with Gasteiger partial charge in [0.15, 0.2) is 0 Å². The highest BCUT2D eigenvalue weighted by molar-refractivity contribution is 6.42. The van der Waals surface area contributed by atoms with E-state index in [0.717, 1.165) is 5.56 Å². The first-order valence-electron chi connectivity index (χ1n) is 5.68. The second-order valence-electron chi connectivity index (χ2n) is 4.96. The van der Waals surface area contributed by atoms with Crippen LogP contribution in [-0.2, 0) is 11.3 Å². The Morgan fingerprint density at radius 3 is 2.47 bits per heavy atom. The molecule has 19 heavy (non-hydrogen) atoms. The van der Waals surface area contributed by atoms with Gasteiger partial charge in [-0.05, 0) is 25.5 Å². The van der Waals surface area contributed by atoms with Crippen molar-refractivity contribution in [2.75, 3.05) is 13.6 Å². The number of carbonyl (C=O) groups is 1. The van der Waals surface area contributed by atoms with Gasteiger partial charge in [0.1, 0.15) is 0 Å². The van der Waals surface area contributed by atoms with Crippen LogP contribution in [0.1, 0.15) is 19.4 Å². The summed E-state index contributed by atoms with van der Waals surface area (Å²) < 4.78 is 0. The minimum Gasteiger partial charge on any atom is -0.341 e. The molecule has 0 spiro atoms. The predicted octanol–water partition coefficient (Wildman–Crippen LogP) is 3.36. The van der Waals surface area contributed by atoms with Crippen LogP contribution in [-0.4, -0.2) is 24.4 Å². The van der Waals surface area contributed by atoms with E-state index < -0.39 is 5.41 Å². The summed E-state index contributed by atoms with van der Waals surface area (Å²) >= 11 is 12.0. The summed E-state index contributed by atoms with van der Waals surface area (Å²) in [4.78, 5) is 13.8. The molecule has 0 aliphatic rings. The van der Waals surface area contributed by atoms with Crippen molar-refractivity contribution >= 4 is 41.5 Å². The van der Waals surface area contributed by atoms with Crippen LogP contribution < -0.4 is 5.73 Å². The van der Waals surface area contributed by atoms with Crippen molar-refractivity contribution in [1.82, 2.24) is 4.90 Å². The zero-order valence-electron chi connectivity index (χ0n) is 11.2. The van der Waals surface area contributed by atoms with Crippen molar-refractivity contribution in [1.29, 1.82) is 0 Å². The molecule has 0 saturated heterocycles. The van der Waals surface area contributed by atoms with E-state index in [1.54, 1.807) is 18.0 Å². The number of amides is 1. The van der Waals surface area contributed by atoms with Crippen molar-refractivity contribution in [3.63, 3.8) is 0 Å². The Morgan fingerprint density at radius 2 is 1.95 bits per heavy atom. The zero-order chi connectivity index (χ0) is 13.9. The van der Waals surface area contributed by atoms with Crippen molar-refractivity contribution in [2.24, 2.45) is 11.1 Å². The average Bonchev–Trinajstić information content (AvgIpc) is 2.33. The van der Waals surface area contributed by atoms with Gasteiger partial charge >= 0.3 is 0 Å². The van der Waals surface area contributed by atoms with E-state index in [9.17, 15) is 4.79 Å². The minimum absolute atomic E-state index is 0. The maximum atomic E-state index is 12.2. The van der Waals surface area contributed by atoms with E-state index >= 15 is 0 Å². The van der Waals surface area contributed by atoms with Crippen LogP contribution in [0, 0.1) is 5.41 Å². The third-order valence-corrected chi connectivity index (χ3v) is 3.73. The van der Waals surface area contributed by atoms with Crippen molar-refractivity contribution in [3.8, 4) is 0 Å². The maximum absolute atomic E-state index is 12.2. The van der Waals surface area contributed by atoms with Crippen LogP contribution in [0.25, 0.3) is 0 Å². The Kier molecular flexibility index (Phi) is 7.16. The smallest absolute Gasteiger partial charge is 0.229 e. The number of hydrogen-bond acceptors (Lipinski definition) is 2. The third kappa shape index (κ3) is 4.53. The molecule has 0 bridgehead atoms. The highest BCUT2D eigenvalue weighted by atomic mass is 35.5. The van der Waals surface area contributed by atoms with Crippen molar-refractivity contribution in [3.05, 3.63) is 33.8 Å². The number of nitrogens with two attached hydrogens (primary N) is 1. The van der Waals surface area contributed by atoms with Crippen LogP contribution in [0.4, 0.5) is 0 Å². The lowest BCUT2D eigenvalue weighted by Gasteiger charge is -2.28. The minimum atomic E-state index is -0.570. The highest BCUT2D eigenvalue weighted by Gasteiger charge is 2.29. The molecule has 0 saturated carbocycles. The predicted molar refractivity (Wildman–Crippen MR) is 83.0 cm³/mol. The van der Waals surface area contributed by atoms with Gasteiger partial charge < -0.3 is 10.6 Å². The zero-order valence-corrected chi connectivity index (χ0v) is 13.6. The molecule has 1 aromatic rings. The Morgan fingerprint density at radius 1 is 1.37 bits per heavy atom. The van der Waals surface area contributed by atoms with E-state index in [1.165, 1.54) is 0 Å². The fraction of sp³-hybridized carbons (Fsp3) is 0.462. The molecule has 2 N–H and O–H groups in total. The molecule has 0 heterocycles. The van der Waals surface area contributed by atoms with E-state index in [4.69, 9.17) is 28.9 Å². The lowest BCUT2D eigenvalue weighted by Crippen LogP contribution is -2.42. The summed E-state index contributed by atoms with van der Waals surface area (Å²) in [6, 6.07) is 5.39. The first-order chi connectivity index (χ1) is 8.29. The molecule has 0 aliphatic carbocycles. The number of nitrogens with zero attached hydrogens (tertiary/aromatic N) is 1. The quantitative estimate of drug-likeness (QED) is 0.922. The van der Waals surface area contributed by atoms with Gasteiger partial charge in [-0.3, -0.25) is 4.79 Å². The number of carbonyl (C=O) groups excluding carboxylic acids is 1. The molecule has 0 aromatic heterocycles. The van der Waals surface area contributed by atoms with Crippen LogP contribution >= 0.6 is 35.6 Å². The summed E-state index contributed by atoms with van der Waals surface area (Å²) in [5.41, 5.74) is 5.85. The second kappa shape index (κ2) is 7.34. The largest absolute Gasteiger partial charge is 0.341 e. The summed E-state index contributed by atoms with van der Waals surface area (Å²) in [5.74, 6) is -0.0129. The molecule has 0 radical (unpaired) electrons. The summed E-state index contributed by atoms with van der Waals surface area (Å²) in [6.45, 7) is 4.37. The van der Waals surface area contributed by atoms with Gasteiger partial charge in [0, 0.05) is 20.1 Å². The Hall–Kier alpha value is -0.480. The molecule has 108 valence electrons. The second-order valence-corrected chi connectivity index (χ2v) is 5.75. The topological polar surface area (TPSA) is 46.3 Å². The SMILES string of the molecule is CN(Cc1cccc(Cl)c1Cl)C(=O)C(C)(C)CN.Cl. The van der Waals surface area contributed by atoms with E-state index in [2.05, 4.69) is 0 Å². The molecule has 0 unspecified atom stereocenters. The lowest BCUT2D eigenvalue weighted by atomic mass is 9.92. The highest BCUT2D eigenvalue weighted by Crippen LogP contribution is 2.27. The lowest BCUT2D eigenvalue weighted by molar-refractivity contribution is -0.139. The molecule has 1 amide bonds. The number of rotatable bonds is 4. The van der Waals surface area contributed by atoms with E-state index in [1.807, 2.05) is 26.0 Å².